The summed E-state index contributed by atoms with van der Waals surface area (Å²) in [5, 5.41) is 0. The molecule has 0 aromatic heterocycles. The van der Waals surface area contributed by atoms with Crippen molar-refractivity contribution in [3.63, 3.8) is 0 Å². The van der Waals surface area contributed by atoms with Crippen molar-refractivity contribution in [1.82, 2.24) is 0 Å². The standard InChI is InChI=1S/C24H28N2O2/c1-27-23-15-5-3-11-21(23)13-9-19-25-17-7-8-18-26-20-10-14-22-12-4-6-16-24(22)28-2/h3-6,9-16,19-20H,7-8,17-18H2,1-2H3/b13-9+,14-10+,25-19?,26-20?. The van der Waals surface area contributed by atoms with Gasteiger partial charge in [0.2, 0.25) is 0 Å². The van der Waals surface area contributed by atoms with E-state index in [1.54, 1.807) is 14.2 Å². The molecule has 0 fully saturated rings. The zero-order valence-corrected chi connectivity index (χ0v) is 16.6. The van der Waals surface area contributed by atoms with Crippen LogP contribution in [0.25, 0.3) is 12.2 Å². The molecular formula is C24H28N2O2. The van der Waals surface area contributed by atoms with Crippen molar-refractivity contribution >= 4 is 24.6 Å². The first-order valence-electron chi connectivity index (χ1n) is 9.44. The summed E-state index contributed by atoms with van der Waals surface area (Å²) in [5.74, 6) is 1.73. The maximum Gasteiger partial charge on any atom is 0.126 e. The van der Waals surface area contributed by atoms with E-state index in [4.69, 9.17) is 9.47 Å². The number of hydrogen-bond donors (Lipinski definition) is 0. The Morgan fingerprint density at radius 1 is 0.679 bits per heavy atom. The molecule has 0 N–H and O–H groups in total. The highest BCUT2D eigenvalue weighted by Gasteiger charge is 1.96. The van der Waals surface area contributed by atoms with Gasteiger partial charge >= 0.3 is 0 Å². The molecule has 0 atom stereocenters. The molecule has 28 heavy (non-hydrogen) atoms. The molecule has 2 aromatic rings. The monoisotopic (exact) mass is 376 g/mol. The van der Waals surface area contributed by atoms with Crippen LogP contribution in [0.4, 0.5) is 0 Å². The molecular weight excluding hydrogens is 348 g/mol. The minimum absolute atomic E-state index is 0.808. The van der Waals surface area contributed by atoms with E-state index in [1.165, 1.54) is 0 Å². The van der Waals surface area contributed by atoms with E-state index in [2.05, 4.69) is 9.98 Å². The van der Waals surface area contributed by atoms with Gasteiger partial charge in [-0.05, 0) is 49.3 Å². The second kappa shape index (κ2) is 13.1. The van der Waals surface area contributed by atoms with Gasteiger partial charge in [0.15, 0.2) is 0 Å². The van der Waals surface area contributed by atoms with E-state index < -0.39 is 0 Å². The summed E-state index contributed by atoms with van der Waals surface area (Å²) in [4.78, 5) is 8.80. The van der Waals surface area contributed by atoms with Crippen molar-refractivity contribution < 1.29 is 9.47 Å². The predicted octanol–water partition coefficient (Wildman–Crippen LogP) is 5.35. The maximum atomic E-state index is 5.31. The van der Waals surface area contributed by atoms with E-state index in [-0.39, 0.29) is 0 Å². The average molecular weight is 377 g/mol. The van der Waals surface area contributed by atoms with Gasteiger partial charge in [-0.25, -0.2) is 0 Å². The third kappa shape index (κ3) is 7.62. The lowest BCUT2D eigenvalue weighted by Crippen LogP contribution is -1.87. The van der Waals surface area contributed by atoms with Gasteiger partial charge in [0, 0.05) is 36.6 Å². The molecule has 0 radical (unpaired) electrons. The van der Waals surface area contributed by atoms with Gasteiger partial charge in [-0.3, -0.25) is 9.98 Å². The van der Waals surface area contributed by atoms with Crippen molar-refractivity contribution in [2.45, 2.75) is 12.8 Å². The van der Waals surface area contributed by atoms with Crippen LogP contribution < -0.4 is 9.47 Å². The van der Waals surface area contributed by atoms with E-state index >= 15 is 0 Å². The molecule has 2 aromatic carbocycles. The van der Waals surface area contributed by atoms with Crippen molar-refractivity contribution in [2.24, 2.45) is 9.98 Å². The van der Waals surface area contributed by atoms with Crippen LogP contribution in [0, 0.1) is 0 Å². The van der Waals surface area contributed by atoms with E-state index in [1.807, 2.05) is 85.3 Å². The number of rotatable bonds is 11. The van der Waals surface area contributed by atoms with Crippen LogP contribution in [0.5, 0.6) is 11.5 Å². The lowest BCUT2D eigenvalue weighted by atomic mass is 10.2. The molecule has 4 heteroatoms. The third-order valence-electron chi connectivity index (χ3n) is 4.04. The zero-order chi connectivity index (χ0) is 19.9. The van der Waals surface area contributed by atoms with Gasteiger partial charge < -0.3 is 9.47 Å². The number of aliphatic imine (C=N–C) groups is 2. The highest BCUT2D eigenvalue weighted by atomic mass is 16.5. The summed E-state index contributed by atoms with van der Waals surface area (Å²) in [7, 11) is 3.36. The van der Waals surface area contributed by atoms with Crippen molar-refractivity contribution in [1.29, 1.82) is 0 Å². The first-order valence-corrected chi connectivity index (χ1v) is 9.44. The van der Waals surface area contributed by atoms with Crippen molar-refractivity contribution in [3.8, 4) is 11.5 Å². The van der Waals surface area contributed by atoms with Crippen LogP contribution in [0.2, 0.25) is 0 Å². The molecule has 0 aliphatic rings. The number of ether oxygens (including phenoxy) is 2. The van der Waals surface area contributed by atoms with Crippen LogP contribution in [0.15, 0.2) is 70.7 Å². The summed E-state index contributed by atoms with van der Waals surface area (Å²) in [5.41, 5.74) is 2.10. The van der Waals surface area contributed by atoms with Gasteiger partial charge in [0.1, 0.15) is 11.5 Å². The molecule has 0 amide bonds. The summed E-state index contributed by atoms with van der Waals surface area (Å²) < 4.78 is 10.6. The van der Waals surface area contributed by atoms with Crippen LogP contribution in [0.3, 0.4) is 0 Å². The molecule has 0 aliphatic heterocycles. The Labute approximate surface area is 168 Å². The molecule has 0 saturated carbocycles. The minimum atomic E-state index is 0.808. The van der Waals surface area contributed by atoms with Gasteiger partial charge in [0.05, 0.1) is 14.2 Å². The van der Waals surface area contributed by atoms with Crippen molar-refractivity contribution in [2.75, 3.05) is 27.3 Å². The molecule has 0 unspecified atom stereocenters. The topological polar surface area (TPSA) is 43.2 Å². The summed E-state index contributed by atoms with van der Waals surface area (Å²) in [6, 6.07) is 15.8. The van der Waals surface area contributed by atoms with Crippen molar-refractivity contribution in [3.05, 3.63) is 71.8 Å². The fourth-order valence-electron chi connectivity index (χ4n) is 2.58. The Hall–Kier alpha value is -3.14. The fraction of sp³-hybridized carbons (Fsp3) is 0.250. The normalized spacial score (nSPS) is 11.9. The SMILES string of the molecule is COc1ccccc1/C=C/C=NCCCCN=C/C=C/c1ccccc1OC. The van der Waals surface area contributed by atoms with Gasteiger partial charge in [-0.2, -0.15) is 0 Å². The highest BCUT2D eigenvalue weighted by Crippen LogP contribution is 2.19. The number of methoxy groups -OCH3 is 2. The smallest absolute Gasteiger partial charge is 0.126 e. The first-order chi connectivity index (χ1) is 13.8. The number of unbranched alkanes of at least 4 members (excludes halogenated alkanes) is 1. The first kappa shape index (κ1) is 21.2. The number of hydrogen-bond acceptors (Lipinski definition) is 4. The second-order valence-electron chi connectivity index (χ2n) is 6.02. The lowest BCUT2D eigenvalue weighted by molar-refractivity contribution is 0.414. The van der Waals surface area contributed by atoms with E-state index in [9.17, 15) is 0 Å². The molecule has 0 heterocycles. The Kier molecular flexibility index (Phi) is 9.90. The molecule has 0 spiro atoms. The highest BCUT2D eigenvalue weighted by molar-refractivity contribution is 5.79. The second-order valence-corrected chi connectivity index (χ2v) is 6.02. The number of allylic oxidation sites excluding steroid dienone is 2. The number of nitrogens with zero attached hydrogens (tertiary/aromatic N) is 2. The molecule has 2 rings (SSSR count). The Bertz CT molecular complexity index is 753. The van der Waals surface area contributed by atoms with Gasteiger partial charge in [-0.1, -0.05) is 36.4 Å². The summed E-state index contributed by atoms with van der Waals surface area (Å²) >= 11 is 0. The van der Waals surface area contributed by atoms with Gasteiger partial charge in [-0.15, -0.1) is 0 Å². The van der Waals surface area contributed by atoms with Crippen LogP contribution in [0.1, 0.15) is 24.0 Å². The molecule has 4 nitrogen and oxygen atoms in total. The van der Waals surface area contributed by atoms with Crippen LogP contribution in [-0.2, 0) is 0 Å². The average Bonchev–Trinajstić information content (AvgIpc) is 2.75. The van der Waals surface area contributed by atoms with Crippen LogP contribution in [-0.4, -0.2) is 39.7 Å². The van der Waals surface area contributed by atoms with Gasteiger partial charge in [0.25, 0.3) is 0 Å². The van der Waals surface area contributed by atoms with E-state index in [0.29, 0.717) is 0 Å². The quantitative estimate of drug-likeness (QED) is 0.392. The molecule has 0 bridgehead atoms. The summed E-state index contributed by atoms with van der Waals surface area (Å²) in [6.07, 6.45) is 13.6. The Balaban J connectivity index is 1.61. The molecule has 0 saturated heterocycles. The lowest BCUT2D eigenvalue weighted by Gasteiger charge is -2.02. The minimum Gasteiger partial charge on any atom is -0.496 e. The fourth-order valence-corrected chi connectivity index (χ4v) is 2.58. The predicted molar refractivity (Wildman–Crippen MR) is 120 cm³/mol. The molecule has 146 valence electrons. The number of para-hydroxylation sites is 2. The molecule has 0 aliphatic carbocycles. The maximum absolute atomic E-state index is 5.31. The zero-order valence-electron chi connectivity index (χ0n) is 16.6. The Morgan fingerprint density at radius 2 is 1.11 bits per heavy atom. The third-order valence-corrected chi connectivity index (χ3v) is 4.04. The number of benzene rings is 2. The van der Waals surface area contributed by atoms with Crippen LogP contribution >= 0.6 is 0 Å². The van der Waals surface area contributed by atoms with E-state index in [0.717, 1.165) is 48.6 Å². The Morgan fingerprint density at radius 3 is 1.54 bits per heavy atom. The summed E-state index contributed by atoms with van der Waals surface area (Å²) in [6.45, 7) is 1.62. The largest absolute Gasteiger partial charge is 0.496 e.